The van der Waals surface area contributed by atoms with Gasteiger partial charge in [0.1, 0.15) is 0 Å². The fourth-order valence-corrected chi connectivity index (χ4v) is 3.10. The van der Waals surface area contributed by atoms with E-state index in [0.29, 0.717) is 17.9 Å². The summed E-state index contributed by atoms with van der Waals surface area (Å²) in [4.78, 5) is 11.6. The van der Waals surface area contributed by atoms with E-state index in [1.54, 1.807) is 14.0 Å². The average Bonchev–Trinajstić information content (AvgIpc) is 2.65. The summed E-state index contributed by atoms with van der Waals surface area (Å²) in [6, 6.07) is 10.1. The zero-order valence-electron chi connectivity index (χ0n) is 16.4. The van der Waals surface area contributed by atoms with Gasteiger partial charge in [-0.15, -0.1) is 0 Å². The molecule has 2 aromatic rings. The summed E-state index contributed by atoms with van der Waals surface area (Å²) in [7, 11) is 1.57. The molecule has 0 aliphatic heterocycles. The van der Waals surface area contributed by atoms with Crippen LogP contribution in [0.15, 0.2) is 30.3 Å². The minimum Gasteiger partial charge on any atom is -0.493 e. The third kappa shape index (κ3) is 4.75. The number of carbonyl (C=O) groups is 1. The van der Waals surface area contributed by atoms with E-state index < -0.39 is 0 Å². The van der Waals surface area contributed by atoms with E-state index in [4.69, 9.17) is 9.47 Å². The van der Waals surface area contributed by atoms with Gasteiger partial charge < -0.3 is 9.47 Å². The zero-order chi connectivity index (χ0) is 19.1. The van der Waals surface area contributed by atoms with Crippen molar-refractivity contribution < 1.29 is 14.3 Å². The second kappa shape index (κ2) is 9.23. The molecule has 0 saturated heterocycles. The van der Waals surface area contributed by atoms with Crippen LogP contribution in [0.25, 0.3) is 12.2 Å². The van der Waals surface area contributed by atoms with Gasteiger partial charge in [-0.3, -0.25) is 4.79 Å². The normalized spacial score (nSPS) is 11.0. The predicted molar refractivity (Wildman–Crippen MR) is 108 cm³/mol. The van der Waals surface area contributed by atoms with Crippen molar-refractivity contribution in [2.45, 2.75) is 47.0 Å². The van der Waals surface area contributed by atoms with Gasteiger partial charge in [-0.2, -0.15) is 0 Å². The molecule has 3 nitrogen and oxygen atoms in total. The molecule has 0 fully saturated rings. The van der Waals surface area contributed by atoms with E-state index >= 15 is 0 Å². The lowest BCUT2D eigenvalue weighted by molar-refractivity contribution is -0.134. The van der Waals surface area contributed by atoms with Gasteiger partial charge in [-0.1, -0.05) is 51.1 Å². The summed E-state index contributed by atoms with van der Waals surface area (Å²) >= 11 is 0. The van der Waals surface area contributed by atoms with Gasteiger partial charge in [0.05, 0.1) is 7.11 Å². The van der Waals surface area contributed by atoms with Crippen molar-refractivity contribution in [1.29, 1.82) is 0 Å². The smallest absolute Gasteiger partial charge is 0.311 e. The highest BCUT2D eigenvalue weighted by Gasteiger charge is 2.09. The molecule has 0 spiro atoms. The zero-order valence-corrected chi connectivity index (χ0v) is 16.4. The molecule has 0 aliphatic carbocycles. The monoisotopic (exact) mass is 352 g/mol. The number of esters is 1. The van der Waals surface area contributed by atoms with E-state index in [1.165, 1.54) is 22.3 Å². The Kier molecular flexibility index (Phi) is 7.02. The van der Waals surface area contributed by atoms with Gasteiger partial charge in [0, 0.05) is 6.42 Å². The third-order valence-electron chi connectivity index (χ3n) is 4.49. The second-order valence-corrected chi connectivity index (χ2v) is 6.25. The molecule has 0 radical (unpaired) electrons. The van der Waals surface area contributed by atoms with Gasteiger partial charge in [-0.25, -0.2) is 0 Å². The molecular weight excluding hydrogens is 324 g/mol. The molecule has 0 aromatic heterocycles. The number of ether oxygens (including phenoxy) is 2. The molecule has 0 unspecified atom stereocenters. The maximum absolute atomic E-state index is 11.6. The lowest BCUT2D eigenvalue weighted by Crippen LogP contribution is -2.06. The maximum atomic E-state index is 11.6. The van der Waals surface area contributed by atoms with Gasteiger partial charge >= 0.3 is 5.97 Å². The number of aryl methyl sites for hydroxylation is 2. The molecule has 0 aliphatic rings. The predicted octanol–water partition coefficient (Wildman–Crippen LogP) is 5.61. The van der Waals surface area contributed by atoms with Crippen LogP contribution >= 0.6 is 0 Å². The first-order chi connectivity index (χ1) is 12.5. The van der Waals surface area contributed by atoms with Crippen LogP contribution in [-0.4, -0.2) is 13.1 Å². The van der Waals surface area contributed by atoms with Crippen LogP contribution in [-0.2, 0) is 17.6 Å². The highest BCUT2D eigenvalue weighted by atomic mass is 16.6. The molecule has 0 atom stereocenters. The van der Waals surface area contributed by atoms with Crippen LogP contribution in [0.1, 0.15) is 55.0 Å². The van der Waals surface area contributed by atoms with Crippen molar-refractivity contribution in [1.82, 2.24) is 0 Å². The first-order valence-corrected chi connectivity index (χ1v) is 9.21. The molecule has 2 aromatic carbocycles. The quantitative estimate of drug-likeness (QED) is 0.369. The number of benzene rings is 2. The molecule has 2 rings (SSSR count). The van der Waals surface area contributed by atoms with Crippen LogP contribution in [0, 0.1) is 6.92 Å². The minimum atomic E-state index is -0.275. The molecule has 0 amide bonds. The summed E-state index contributed by atoms with van der Waals surface area (Å²) in [6.45, 7) is 8.34. The Balaban J connectivity index is 2.31. The van der Waals surface area contributed by atoms with Crippen molar-refractivity contribution in [2.24, 2.45) is 0 Å². The molecule has 138 valence electrons. The van der Waals surface area contributed by atoms with Gasteiger partial charge in [0.2, 0.25) is 0 Å². The second-order valence-electron chi connectivity index (χ2n) is 6.25. The number of carbonyl (C=O) groups excluding carboxylic acids is 1. The van der Waals surface area contributed by atoms with Crippen LogP contribution in [0.4, 0.5) is 0 Å². The Morgan fingerprint density at radius 2 is 1.69 bits per heavy atom. The fourth-order valence-electron chi connectivity index (χ4n) is 3.10. The van der Waals surface area contributed by atoms with Gasteiger partial charge in [0.25, 0.3) is 0 Å². The molecule has 0 N–H and O–H groups in total. The van der Waals surface area contributed by atoms with E-state index in [2.05, 4.69) is 39.0 Å². The molecule has 0 heterocycles. The van der Waals surface area contributed by atoms with Crippen molar-refractivity contribution in [3.8, 4) is 11.5 Å². The third-order valence-corrected chi connectivity index (χ3v) is 4.49. The average molecular weight is 352 g/mol. The lowest BCUT2D eigenvalue weighted by atomic mass is 9.95. The Labute approximate surface area is 156 Å². The highest BCUT2D eigenvalue weighted by Crippen LogP contribution is 2.29. The Morgan fingerprint density at radius 3 is 2.31 bits per heavy atom. The van der Waals surface area contributed by atoms with Crippen LogP contribution in [0.3, 0.4) is 0 Å². The van der Waals surface area contributed by atoms with Crippen LogP contribution in [0.2, 0.25) is 0 Å². The van der Waals surface area contributed by atoms with Crippen molar-refractivity contribution >= 4 is 18.1 Å². The van der Waals surface area contributed by atoms with Gasteiger partial charge in [0.15, 0.2) is 11.5 Å². The molecule has 0 saturated carbocycles. The Bertz CT molecular complexity index is 803. The van der Waals surface area contributed by atoms with Crippen LogP contribution in [0.5, 0.6) is 11.5 Å². The molecular formula is C23H28O3. The van der Waals surface area contributed by atoms with Gasteiger partial charge in [-0.05, 0) is 59.7 Å². The lowest BCUT2D eigenvalue weighted by Gasteiger charge is -2.11. The van der Waals surface area contributed by atoms with Crippen molar-refractivity contribution in [2.75, 3.05) is 7.11 Å². The highest BCUT2D eigenvalue weighted by molar-refractivity contribution is 5.75. The first-order valence-electron chi connectivity index (χ1n) is 9.21. The summed E-state index contributed by atoms with van der Waals surface area (Å²) in [6.07, 6.45) is 6.54. The largest absolute Gasteiger partial charge is 0.493 e. The summed E-state index contributed by atoms with van der Waals surface area (Å²) in [5.41, 5.74) is 6.32. The van der Waals surface area contributed by atoms with Crippen LogP contribution < -0.4 is 9.47 Å². The number of rotatable bonds is 7. The molecule has 0 bridgehead atoms. The minimum absolute atomic E-state index is 0.275. The van der Waals surface area contributed by atoms with Crippen molar-refractivity contribution in [3.05, 3.63) is 58.1 Å². The maximum Gasteiger partial charge on any atom is 0.311 e. The SMILES string of the molecule is CCC(=O)Oc1cc(/C=C\c2cc(C)c(CC)c(CC)c2)ccc1OC. The van der Waals surface area contributed by atoms with E-state index in [-0.39, 0.29) is 5.97 Å². The summed E-state index contributed by atoms with van der Waals surface area (Å²) < 4.78 is 10.6. The van der Waals surface area contributed by atoms with E-state index in [0.717, 1.165) is 18.4 Å². The van der Waals surface area contributed by atoms with E-state index in [9.17, 15) is 4.79 Å². The number of methoxy groups -OCH3 is 1. The summed E-state index contributed by atoms with van der Waals surface area (Å²) in [5, 5.41) is 0. The van der Waals surface area contributed by atoms with Crippen molar-refractivity contribution in [3.63, 3.8) is 0 Å². The topological polar surface area (TPSA) is 35.5 Å². The summed E-state index contributed by atoms with van der Waals surface area (Å²) in [5.74, 6) is 0.733. The molecule has 3 heteroatoms. The fraction of sp³-hybridized carbons (Fsp3) is 0.348. The first kappa shape index (κ1) is 19.8. The number of hydrogen-bond donors (Lipinski definition) is 0. The Hall–Kier alpha value is -2.55. The Morgan fingerprint density at radius 1 is 0.962 bits per heavy atom. The number of hydrogen-bond acceptors (Lipinski definition) is 3. The molecule has 26 heavy (non-hydrogen) atoms. The van der Waals surface area contributed by atoms with E-state index in [1.807, 2.05) is 24.3 Å². The standard InChI is InChI=1S/C23H28O3/c1-6-19-14-18(13-16(4)20(19)7-2)10-9-17-11-12-21(25-5)22(15-17)26-23(24)8-3/h9-15H,6-8H2,1-5H3/b10-9-.